The van der Waals surface area contributed by atoms with Crippen molar-refractivity contribution in [2.45, 2.75) is 92.1 Å². The van der Waals surface area contributed by atoms with Gasteiger partial charge in [-0.15, -0.1) is 0 Å². The van der Waals surface area contributed by atoms with Gasteiger partial charge in [0.2, 0.25) is 0 Å². The van der Waals surface area contributed by atoms with Crippen LogP contribution in [0.4, 0.5) is 0 Å². The van der Waals surface area contributed by atoms with E-state index in [1.165, 1.54) is 52.4 Å². The molecule has 3 heteroatoms. The molecule has 132 valence electrons. The van der Waals surface area contributed by atoms with Crippen molar-refractivity contribution in [2.75, 3.05) is 6.61 Å². The third kappa shape index (κ3) is 12.0. The van der Waals surface area contributed by atoms with Gasteiger partial charge in [0.25, 0.3) is 0 Å². The van der Waals surface area contributed by atoms with E-state index in [9.17, 15) is 9.90 Å². The van der Waals surface area contributed by atoms with Gasteiger partial charge in [0.15, 0.2) is 5.60 Å². The van der Waals surface area contributed by atoms with E-state index in [0.29, 0.717) is 12.5 Å². The fraction of sp³-hybridized carbons (Fsp3) is 0.947. The Morgan fingerprint density at radius 3 is 1.82 bits per heavy atom. The Morgan fingerprint density at radius 1 is 0.909 bits per heavy atom. The summed E-state index contributed by atoms with van der Waals surface area (Å²) in [5.41, 5.74) is -1.38. The molecule has 0 radical (unpaired) electrons. The summed E-state index contributed by atoms with van der Waals surface area (Å²) < 4.78 is 5.09. The maximum absolute atomic E-state index is 11.4. The first kappa shape index (κ1) is 21.4. The molecular weight excluding hydrogens is 276 g/mol. The Kier molecular flexibility index (Phi) is 10.8. The first-order valence-corrected chi connectivity index (χ1v) is 9.02. The lowest BCUT2D eigenvalue weighted by Crippen LogP contribution is -2.33. The minimum Gasteiger partial charge on any atom is -0.464 e. The summed E-state index contributed by atoms with van der Waals surface area (Å²) >= 11 is 0. The van der Waals surface area contributed by atoms with Crippen LogP contribution < -0.4 is 0 Å². The molecule has 0 aliphatic carbocycles. The van der Waals surface area contributed by atoms with E-state index in [1.54, 1.807) is 0 Å². The lowest BCUT2D eigenvalue weighted by Gasteiger charge is -2.17. The van der Waals surface area contributed by atoms with Gasteiger partial charge in [-0.1, -0.05) is 66.2 Å². The molecule has 22 heavy (non-hydrogen) atoms. The third-order valence-electron chi connectivity index (χ3n) is 4.22. The summed E-state index contributed by atoms with van der Waals surface area (Å²) in [7, 11) is 0. The van der Waals surface area contributed by atoms with Crippen LogP contribution in [-0.2, 0) is 9.53 Å². The normalized spacial score (nSPS) is 14.9. The van der Waals surface area contributed by atoms with Crippen LogP contribution in [0.3, 0.4) is 0 Å². The third-order valence-corrected chi connectivity index (χ3v) is 4.22. The molecule has 0 bridgehead atoms. The summed E-state index contributed by atoms with van der Waals surface area (Å²) in [6.07, 6.45) is 8.65. The molecule has 3 nitrogen and oxygen atoms in total. The Labute approximate surface area is 137 Å². The van der Waals surface area contributed by atoms with E-state index in [-0.39, 0.29) is 0 Å². The molecule has 0 amide bonds. The second-order valence-corrected chi connectivity index (χ2v) is 7.95. The quantitative estimate of drug-likeness (QED) is 0.518. The Morgan fingerprint density at radius 2 is 1.36 bits per heavy atom. The molecule has 0 aromatic rings. The molecule has 0 aliphatic rings. The molecule has 2 unspecified atom stereocenters. The highest BCUT2D eigenvalue weighted by Crippen LogP contribution is 2.20. The minimum atomic E-state index is -1.38. The molecule has 0 spiro atoms. The predicted molar refractivity (Wildman–Crippen MR) is 92.7 cm³/mol. The molecule has 0 aromatic carbocycles. The first-order chi connectivity index (χ1) is 10.1. The van der Waals surface area contributed by atoms with Gasteiger partial charge in [-0.2, -0.15) is 0 Å². The van der Waals surface area contributed by atoms with Crippen molar-refractivity contribution >= 4 is 5.97 Å². The summed E-state index contributed by atoms with van der Waals surface area (Å²) in [6, 6.07) is 0. The zero-order chi connectivity index (χ0) is 17.2. The smallest absolute Gasteiger partial charge is 0.337 e. The van der Waals surface area contributed by atoms with Crippen LogP contribution in [0.15, 0.2) is 0 Å². The van der Waals surface area contributed by atoms with E-state index in [2.05, 4.69) is 27.7 Å². The van der Waals surface area contributed by atoms with Gasteiger partial charge < -0.3 is 9.84 Å². The number of hydrogen-bond acceptors (Lipinski definition) is 3. The van der Waals surface area contributed by atoms with E-state index in [0.717, 1.165) is 18.3 Å². The number of rotatable bonds is 12. The maximum atomic E-state index is 11.4. The van der Waals surface area contributed by atoms with Crippen LogP contribution in [0.25, 0.3) is 0 Å². The highest BCUT2D eigenvalue weighted by atomic mass is 16.5. The molecule has 0 saturated carbocycles. The van der Waals surface area contributed by atoms with Crippen molar-refractivity contribution in [1.29, 1.82) is 0 Å². The van der Waals surface area contributed by atoms with Crippen molar-refractivity contribution in [3.63, 3.8) is 0 Å². The van der Waals surface area contributed by atoms with Crippen molar-refractivity contribution in [2.24, 2.45) is 17.8 Å². The highest BCUT2D eigenvalue weighted by molar-refractivity contribution is 5.78. The largest absolute Gasteiger partial charge is 0.464 e. The van der Waals surface area contributed by atoms with Crippen molar-refractivity contribution < 1.29 is 14.6 Å². The molecule has 0 saturated heterocycles. The average molecular weight is 315 g/mol. The number of carbonyl (C=O) groups is 1. The second-order valence-electron chi connectivity index (χ2n) is 7.95. The zero-order valence-electron chi connectivity index (χ0n) is 15.7. The Balaban J connectivity index is 3.61. The number of carbonyl (C=O) groups excluding carboxylic acids is 1. The Hall–Kier alpha value is -0.570. The van der Waals surface area contributed by atoms with E-state index >= 15 is 0 Å². The lowest BCUT2D eigenvalue weighted by molar-refractivity contribution is -0.162. The molecule has 2 atom stereocenters. The van der Waals surface area contributed by atoms with Gasteiger partial charge >= 0.3 is 5.97 Å². The van der Waals surface area contributed by atoms with E-state index in [4.69, 9.17) is 4.74 Å². The molecule has 0 fully saturated rings. The van der Waals surface area contributed by atoms with Gasteiger partial charge in [0.05, 0.1) is 6.61 Å². The van der Waals surface area contributed by atoms with Gasteiger partial charge in [0.1, 0.15) is 0 Å². The first-order valence-electron chi connectivity index (χ1n) is 9.02. The molecule has 0 aromatic heterocycles. The standard InChI is InChI=1S/C19H38O3/c1-15(2)9-7-10-16(3)11-8-12-17(4)13-14-22-18(20)19(5,6)21/h15-17,21H,7-14H2,1-6H3. The summed E-state index contributed by atoms with van der Waals surface area (Å²) in [6.45, 7) is 12.5. The van der Waals surface area contributed by atoms with Crippen LogP contribution in [0.2, 0.25) is 0 Å². The number of esters is 1. The van der Waals surface area contributed by atoms with Gasteiger partial charge in [-0.05, 0) is 38.0 Å². The van der Waals surface area contributed by atoms with Crippen molar-refractivity contribution in [1.82, 2.24) is 0 Å². The van der Waals surface area contributed by atoms with E-state index < -0.39 is 11.6 Å². The predicted octanol–water partition coefficient (Wildman–Crippen LogP) is 4.96. The monoisotopic (exact) mass is 314 g/mol. The lowest BCUT2D eigenvalue weighted by atomic mass is 9.93. The topological polar surface area (TPSA) is 46.5 Å². The SMILES string of the molecule is CC(C)CCCC(C)CCCC(C)CCOC(=O)C(C)(C)O. The van der Waals surface area contributed by atoms with Crippen LogP contribution in [-0.4, -0.2) is 23.3 Å². The van der Waals surface area contributed by atoms with Crippen LogP contribution >= 0.6 is 0 Å². The summed E-state index contributed by atoms with van der Waals surface area (Å²) in [4.78, 5) is 11.4. The highest BCUT2D eigenvalue weighted by Gasteiger charge is 2.25. The Bertz CT molecular complexity index is 292. The average Bonchev–Trinajstić information content (AvgIpc) is 2.37. The maximum Gasteiger partial charge on any atom is 0.337 e. The molecule has 0 heterocycles. The molecule has 0 rings (SSSR count). The van der Waals surface area contributed by atoms with Crippen molar-refractivity contribution in [3.05, 3.63) is 0 Å². The van der Waals surface area contributed by atoms with E-state index in [1.807, 2.05) is 0 Å². The van der Waals surface area contributed by atoms with Crippen LogP contribution in [0.1, 0.15) is 86.5 Å². The van der Waals surface area contributed by atoms with Gasteiger partial charge in [-0.25, -0.2) is 4.79 Å². The second kappa shape index (κ2) is 11.0. The van der Waals surface area contributed by atoms with Gasteiger partial charge in [-0.3, -0.25) is 0 Å². The number of hydrogen-bond donors (Lipinski definition) is 1. The number of ether oxygens (including phenoxy) is 1. The van der Waals surface area contributed by atoms with Gasteiger partial charge in [0, 0.05) is 0 Å². The fourth-order valence-corrected chi connectivity index (χ4v) is 2.51. The minimum absolute atomic E-state index is 0.411. The summed E-state index contributed by atoms with van der Waals surface area (Å²) in [5, 5.41) is 9.48. The molecule has 1 N–H and O–H groups in total. The van der Waals surface area contributed by atoms with Crippen LogP contribution in [0.5, 0.6) is 0 Å². The molecular formula is C19H38O3. The zero-order valence-corrected chi connectivity index (χ0v) is 15.7. The summed E-state index contributed by atoms with van der Waals surface area (Å²) in [5.74, 6) is 1.67. The number of aliphatic hydroxyl groups is 1. The van der Waals surface area contributed by atoms with Crippen LogP contribution in [0, 0.1) is 17.8 Å². The van der Waals surface area contributed by atoms with Crippen molar-refractivity contribution in [3.8, 4) is 0 Å². The fourth-order valence-electron chi connectivity index (χ4n) is 2.51. The molecule has 0 aliphatic heterocycles.